The normalized spacial score (nSPS) is 40.2. The molecule has 4 aliphatic carbocycles. The molecule has 0 radical (unpaired) electrons. The maximum absolute atomic E-state index is 13.3. The molecule has 5 nitrogen and oxygen atoms in total. The van der Waals surface area contributed by atoms with Crippen molar-refractivity contribution in [3.63, 3.8) is 0 Å². The molecule has 4 saturated carbocycles. The van der Waals surface area contributed by atoms with Crippen LogP contribution in [-0.2, 0) is 19.1 Å². The molecule has 0 saturated heterocycles. The molecule has 10 atom stereocenters. The van der Waals surface area contributed by atoms with E-state index >= 15 is 0 Å². The van der Waals surface area contributed by atoms with E-state index in [-0.39, 0.29) is 41.5 Å². The van der Waals surface area contributed by atoms with Crippen molar-refractivity contribution >= 4 is 17.5 Å². The second kappa shape index (κ2) is 11.3. The van der Waals surface area contributed by atoms with Crippen molar-refractivity contribution in [3.05, 3.63) is 0 Å². The van der Waals surface area contributed by atoms with Gasteiger partial charge in [-0.15, -0.1) is 0 Å². The minimum absolute atomic E-state index is 0.0212. The molecule has 4 fully saturated rings. The summed E-state index contributed by atoms with van der Waals surface area (Å²) in [6.45, 7) is 14.9. The molecule has 216 valence electrons. The van der Waals surface area contributed by atoms with E-state index in [0.717, 1.165) is 37.5 Å². The molecule has 0 aliphatic heterocycles. The fraction of sp³-hybridized carbons (Fsp3) is 0.909. The predicted octanol–water partition coefficient (Wildman–Crippen LogP) is 6.75. The van der Waals surface area contributed by atoms with Crippen LogP contribution in [0.25, 0.3) is 0 Å². The van der Waals surface area contributed by atoms with Crippen LogP contribution < -0.4 is 5.73 Å². The summed E-state index contributed by atoms with van der Waals surface area (Å²) in [7, 11) is 0. The van der Waals surface area contributed by atoms with Crippen molar-refractivity contribution in [1.29, 1.82) is 0 Å². The zero-order valence-corrected chi connectivity index (χ0v) is 25.3. The molecule has 3 unspecified atom stereocenters. The smallest absolute Gasteiger partial charge is 0.309 e. The average Bonchev–Trinajstić information content (AvgIpc) is 3.19. The van der Waals surface area contributed by atoms with Gasteiger partial charge in [-0.05, 0) is 117 Å². The van der Waals surface area contributed by atoms with Gasteiger partial charge in [-0.3, -0.25) is 14.4 Å². The van der Waals surface area contributed by atoms with Gasteiger partial charge in [-0.2, -0.15) is 0 Å². The number of hydrogen-bond donors (Lipinski definition) is 1. The molecule has 4 rings (SSSR count). The number of carbonyl (C=O) groups excluding carboxylic acids is 3. The molecule has 0 aromatic rings. The van der Waals surface area contributed by atoms with E-state index in [1.165, 1.54) is 32.1 Å². The third-order valence-electron chi connectivity index (χ3n) is 12.1. The molecule has 0 aromatic heterocycles. The number of carbonyl (C=O) groups is 3. The first-order chi connectivity index (χ1) is 17.8. The van der Waals surface area contributed by atoms with Gasteiger partial charge in [0.2, 0.25) is 0 Å². The van der Waals surface area contributed by atoms with Crippen LogP contribution in [0.15, 0.2) is 0 Å². The lowest BCUT2D eigenvalue weighted by Gasteiger charge is -2.61. The molecular formula is C33H55NO4. The average molecular weight is 530 g/mol. The zero-order valence-electron chi connectivity index (χ0n) is 25.3. The quantitative estimate of drug-likeness (QED) is 0.334. The lowest BCUT2D eigenvalue weighted by Crippen LogP contribution is -2.54. The van der Waals surface area contributed by atoms with Crippen LogP contribution in [0.2, 0.25) is 0 Å². The first-order valence-electron chi connectivity index (χ1n) is 15.8. The summed E-state index contributed by atoms with van der Waals surface area (Å²) in [5.41, 5.74) is 6.64. The third kappa shape index (κ3) is 5.52. The van der Waals surface area contributed by atoms with Crippen LogP contribution in [0.5, 0.6) is 0 Å². The Hall–Kier alpha value is -1.23. The molecule has 0 spiro atoms. The Labute approximate surface area is 231 Å². The second-order valence-corrected chi connectivity index (χ2v) is 15.0. The second-order valence-electron chi connectivity index (χ2n) is 15.0. The van der Waals surface area contributed by atoms with E-state index in [2.05, 4.69) is 27.7 Å². The molecule has 0 amide bonds. The van der Waals surface area contributed by atoms with Gasteiger partial charge in [0.05, 0.1) is 12.0 Å². The van der Waals surface area contributed by atoms with E-state index in [1.54, 1.807) is 0 Å². The zero-order chi connectivity index (χ0) is 28.0. The van der Waals surface area contributed by atoms with Crippen molar-refractivity contribution < 1.29 is 19.1 Å². The molecule has 4 aliphatic rings. The first kappa shape index (κ1) is 29.7. The van der Waals surface area contributed by atoms with Gasteiger partial charge in [0.25, 0.3) is 0 Å². The van der Waals surface area contributed by atoms with Crippen molar-refractivity contribution in [2.75, 3.05) is 0 Å². The van der Waals surface area contributed by atoms with Crippen LogP contribution in [-0.4, -0.2) is 29.7 Å². The van der Waals surface area contributed by atoms with E-state index in [1.807, 2.05) is 20.8 Å². The monoisotopic (exact) mass is 529 g/mol. The Morgan fingerprint density at radius 1 is 0.895 bits per heavy atom. The Kier molecular flexibility index (Phi) is 8.87. The number of Topliss-reactive ketones (excluding diaryl/α,β-unsaturated/α-hetero) is 2. The van der Waals surface area contributed by atoms with Gasteiger partial charge >= 0.3 is 5.97 Å². The SMILES string of the molecule is CC(=O)[C@H]1CC[C@H]2[C@@H]3CC[C@H]4CC(OC(=O)C(CC(=O)C(N)CC(C)C)C(C)C)CC[C@]4(C)[C@H]3CC[C@]12C. The van der Waals surface area contributed by atoms with E-state index in [4.69, 9.17) is 10.5 Å². The van der Waals surface area contributed by atoms with Gasteiger partial charge in [-0.1, -0.05) is 41.5 Å². The van der Waals surface area contributed by atoms with Gasteiger partial charge in [0.1, 0.15) is 17.7 Å². The predicted molar refractivity (Wildman–Crippen MR) is 151 cm³/mol. The summed E-state index contributed by atoms with van der Waals surface area (Å²) in [5.74, 6) is 3.16. The standard InChI is InChI=1S/C33H55NO4/c1-19(2)16-29(34)30(36)18-25(20(3)4)31(37)38-23-12-14-32(6)22(17-23)8-9-24-27-11-10-26(21(5)35)33(27,7)15-13-28(24)32/h19-20,22-29H,8-18,34H2,1-7H3/t22-,23?,24-,25?,26+,27-,28-,29?,32-,33+/m0/s1. The van der Waals surface area contributed by atoms with Gasteiger partial charge in [0.15, 0.2) is 0 Å². The fourth-order valence-electron chi connectivity index (χ4n) is 9.84. The van der Waals surface area contributed by atoms with Crippen molar-refractivity contribution in [3.8, 4) is 0 Å². The molecule has 5 heteroatoms. The van der Waals surface area contributed by atoms with Crippen LogP contribution in [0.3, 0.4) is 0 Å². The fourth-order valence-corrected chi connectivity index (χ4v) is 9.84. The largest absolute Gasteiger partial charge is 0.462 e. The Morgan fingerprint density at radius 3 is 2.18 bits per heavy atom. The van der Waals surface area contributed by atoms with E-state index in [0.29, 0.717) is 35.4 Å². The molecule has 0 bridgehead atoms. The highest BCUT2D eigenvalue weighted by Gasteiger charge is 2.61. The molecule has 38 heavy (non-hydrogen) atoms. The summed E-state index contributed by atoms with van der Waals surface area (Å²) in [6, 6.07) is -0.502. The summed E-state index contributed by atoms with van der Waals surface area (Å²) in [4.78, 5) is 38.5. The maximum Gasteiger partial charge on any atom is 0.309 e. The van der Waals surface area contributed by atoms with Crippen LogP contribution in [0.4, 0.5) is 0 Å². The van der Waals surface area contributed by atoms with Gasteiger partial charge in [0, 0.05) is 12.3 Å². The Balaban J connectivity index is 1.38. The van der Waals surface area contributed by atoms with Crippen LogP contribution >= 0.6 is 0 Å². The summed E-state index contributed by atoms with van der Waals surface area (Å²) >= 11 is 0. The van der Waals surface area contributed by atoms with Gasteiger partial charge in [-0.25, -0.2) is 0 Å². The number of hydrogen-bond acceptors (Lipinski definition) is 5. The minimum atomic E-state index is -0.502. The number of nitrogens with two attached hydrogens (primary N) is 1. The third-order valence-corrected chi connectivity index (χ3v) is 12.1. The van der Waals surface area contributed by atoms with Crippen LogP contribution in [0.1, 0.15) is 119 Å². The molecule has 0 heterocycles. The van der Waals surface area contributed by atoms with E-state index in [9.17, 15) is 14.4 Å². The Bertz CT molecular complexity index is 897. The van der Waals surface area contributed by atoms with Crippen LogP contribution in [0, 0.1) is 58.2 Å². The Morgan fingerprint density at radius 2 is 1.55 bits per heavy atom. The number of ether oxygens (including phenoxy) is 1. The highest BCUT2D eigenvalue weighted by atomic mass is 16.5. The highest BCUT2D eigenvalue weighted by Crippen LogP contribution is 2.67. The number of rotatable bonds is 9. The van der Waals surface area contributed by atoms with Gasteiger partial charge < -0.3 is 10.5 Å². The van der Waals surface area contributed by atoms with E-state index < -0.39 is 12.0 Å². The van der Waals surface area contributed by atoms with Crippen molar-refractivity contribution in [2.45, 2.75) is 131 Å². The maximum atomic E-state index is 13.3. The lowest BCUT2D eigenvalue weighted by molar-refractivity contribution is -0.169. The minimum Gasteiger partial charge on any atom is -0.462 e. The number of esters is 1. The molecule has 0 aromatic carbocycles. The lowest BCUT2D eigenvalue weighted by atomic mass is 9.44. The number of fused-ring (bicyclic) bond motifs is 5. The summed E-state index contributed by atoms with van der Waals surface area (Å²) in [6.07, 6.45) is 11.0. The topological polar surface area (TPSA) is 86.5 Å². The van der Waals surface area contributed by atoms with Crippen molar-refractivity contribution in [1.82, 2.24) is 0 Å². The molecular weight excluding hydrogens is 474 g/mol. The summed E-state index contributed by atoms with van der Waals surface area (Å²) < 4.78 is 6.16. The highest BCUT2D eigenvalue weighted by molar-refractivity contribution is 5.88. The summed E-state index contributed by atoms with van der Waals surface area (Å²) in [5, 5.41) is 0. The first-order valence-corrected chi connectivity index (χ1v) is 15.8. The van der Waals surface area contributed by atoms with Crippen molar-refractivity contribution in [2.24, 2.45) is 63.9 Å². The molecule has 2 N–H and O–H groups in total. The number of ketones is 2.